The molecule has 0 aromatic carbocycles. The van der Waals surface area contributed by atoms with Crippen LogP contribution in [0.2, 0.25) is 0 Å². The number of esters is 1. The quantitative estimate of drug-likeness (QED) is 0.295. The maximum absolute atomic E-state index is 13.2. The molecule has 4 aliphatic carbocycles. The van der Waals surface area contributed by atoms with E-state index in [0.29, 0.717) is 41.4 Å². The van der Waals surface area contributed by atoms with E-state index in [1.54, 1.807) is 6.92 Å². The maximum Gasteiger partial charge on any atom is 0.306 e. The van der Waals surface area contributed by atoms with Crippen LogP contribution in [0, 0.1) is 28.6 Å². The molecule has 0 bridgehead atoms. The number of carbonyl (C=O) groups is 3. The van der Waals surface area contributed by atoms with E-state index in [1.165, 1.54) is 5.57 Å². The number of Topliss-reactive ketones (excluding diaryl/α,β-unsaturated/α-hetero) is 1. The van der Waals surface area contributed by atoms with Crippen LogP contribution in [0.5, 0.6) is 0 Å². The fourth-order valence-electron chi connectivity index (χ4n) is 7.61. The number of halogens is 1. The molecule has 0 amide bonds. The summed E-state index contributed by atoms with van der Waals surface area (Å²) in [6.45, 7) is 6.41. The number of hydrogen-bond acceptors (Lipinski definition) is 4. The third kappa shape index (κ3) is 3.00. The Balaban J connectivity index is 1.69. The van der Waals surface area contributed by atoms with Gasteiger partial charge in [0.25, 0.3) is 0 Å². The van der Waals surface area contributed by atoms with E-state index in [4.69, 9.17) is 4.74 Å². The molecule has 5 heteroatoms. The number of carbonyl (C=O) groups excluding carboxylic acids is 3. The van der Waals surface area contributed by atoms with Crippen molar-refractivity contribution < 1.29 is 19.1 Å². The SMILES string of the molecule is CCC(=O)O[C@@]1(C(=O)CI)CC[C@H]2[C@@H]3CCC4=CC(=O)CC[C@]4(C)[C@H]3CC[C@@]21C. The molecule has 3 saturated carbocycles. The van der Waals surface area contributed by atoms with Gasteiger partial charge in [0.1, 0.15) is 0 Å². The molecule has 0 unspecified atom stereocenters. The highest BCUT2D eigenvalue weighted by Crippen LogP contribution is 2.68. The normalized spacial score (nSPS) is 43.7. The lowest BCUT2D eigenvalue weighted by molar-refractivity contribution is -0.188. The van der Waals surface area contributed by atoms with Gasteiger partial charge in [0, 0.05) is 18.3 Å². The molecule has 0 N–H and O–H groups in total. The number of fused-ring (bicyclic) bond motifs is 5. The van der Waals surface area contributed by atoms with Gasteiger partial charge in [-0.3, -0.25) is 14.4 Å². The lowest BCUT2D eigenvalue weighted by atomic mass is 9.46. The second-order valence-corrected chi connectivity index (χ2v) is 10.9. The molecule has 0 radical (unpaired) electrons. The van der Waals surface area contributed by atoms with Gasteiger partial charge in [-0.05, 0) is 74.2 Å². The number of hydrogen-bond donors (Lipinski definition) is 0. The molecule has 0 aliphatic heterocycles. The Kier molecular flexibility index (Phi) is 5.53. The van der Waals surface area contributed by atoms with Crippen LogP contribution in [0.3, 0.4) is 0 Å². The zero-order valence-corrected chi connectivity index (χ0v) is 20.0. The molecule has 0 aromatic rings. The van der Waals surface area contributed by atoms with Crippen LogP contribution in [0.25, 0.3) is 0 Å². The Morgan fingerprint density at radius 2 is 1.83 bits per heavy atom. The van der Waals surface area contributed by atoms with E-state index >= 15 is 0 Å². The van der Waals surface area contributed by atoms with Gasteiger partial charge in [0.15, 0.2) is 17.2 Å². The smallest absolute Gasteiger partial charge is 0.306 e. The van der Waals surface area contributed by atoms with Crippen LogP contribution in [-0.2, 0) is 19.1 Å². The third-order valence-corrected chi connectivity index (χ3v) is 9.92. The lowest BCUT2D eigenvalue weighted by Crippen LogP contribution is -2.59. The standard InChI is InChI=1S/C24H33IO4/c1-4-21(28)29-24(20(27)14-25)12-9-19-17-6-5-15-13-16(26)7-10-22(15,2)18(17)8-11-23(19,24)3/h13,17-19H,4-12,14H2,1-3H3/t17-,18+,19+,22+,23+,24-/m1/s1. The van der Waals surface area contributed by atoms with Crippen molar-refractivity contribution in [3.05, 3.63) is 11.6 Å². The summed E-state index contributed by atoms with van der Waals surface area (Å²) in [5, 5.41) is 0. The van der Waals surface area contributed by atoms with Crippen molar-refractivity contribution in [3.8, 4) is 0 Å². The summed E-state index contributed by atoms with van der Waals surface area (Å²) in [6.07, 6.45) is 9.58. The van der Waals surface area contributed by atoms with Gasteiger partial charge in [-0.15, -0.1) is 0 Å². The lowest BCUT2D eigenvalue weighted by Gasteiger charge is -2.59. The maximum atomic E-state index is 13.2. The highest BCUT2D eigenvalue weighted by atomic mass is 127. The van der Waals surface area contributed by atoms with E-state index in [-0.39, 0.29) is 28.4 Å². The summed E-state index contributed by atoms with van der Waals surface area (Å²) < 4.78 is 6.44. The van der Waals surface area contributed by atoms with Gasteiger partial charge in [0.05, 0.1) is 4.43 Å². The number of allylic oxidation sites excluding steroid dienone is 1. The third-order valence-electron chi connectivity index (χ3n) is 9.23. The molecule has 29 heavy (non-hydrogen) atoms. The van der Waals surface area contributed by atoms with Crippen molar-refractivity contribution in [2.24, 2.45) is 28.6 Å². The van der Waals surface area contributed by atoms with Gasteiger partial charge >= 0.3 is 5.97 Å². The molecule has 0 spiro atoms. The summed E-state index contributed by atoms with van der Waals surface area (Å²) in [4.78, 5) is 37.6. The van der Waals surface area contributed by atoms with Gasteiger partial charge in [0.2, 0.25) is 0 Å². The average molecular weight is 512 g/mol. The second kappa shape index (κ2) is 7.45. The summed E-state index contributed by atoms with van der Waals surface area (Å²) in [6, 6.07) is 0. The number of rotatable bonds is 4. The first-order valence-electron chi connectivity index (χ1n) is 11.3. The summed E-state index contributed by atoms with van der Waals surface area (Å²) in [7, 11) is 0. The van der Waals surface area contributed by atoms with Crippen LogP contribution >= 0.6 is 22.6 Å². The Hall–Kier alpha value is -0.720. The molecule has 0 saturated heterocycles. The van der Waals surface area contributed by atoms with Gasteiger partial charge in [-0.2, -0.15) is 0 Å². The highest BCUT2D eigenvalue weighted by Gasteiger charge is 2.68. The van der Waals surface area contributed by atoms with E-state index in [9.17, 15) is 14.4 Å². The van der Waals surface area contributed by atoms with Crippen molar-refractivity contribution in [2.75, 3.05) is 4.43 Å². The van der Waals surface area contributed by atoms with Crippen LogP contribution in [-0.4, -0.2) is 27.6 Å². The fourth-order valence-corrected chi connectivity index (χ4v) is 8.23. The second-order valence-electron chi connectivity index (χ2n) is 10.2. The van der Waals surface area contributed by atoms with Crippen molar-refractivity contribution in [3.63, 3.8) is 0 Å². The first-order valence-corrected chi connectivity index (χ1v) is 12.8. The van der Waals surface area contributed by atoms with Gasteiger partial charge in [-0.25, -0.2) is 0 Å². The Labute approximate surface area is 187 Å². The first-order chi connectivity index (χ1) is 13.7. The zero-order chi connectivity index (χ0) is 21.0. The molecule has 6 atom stereocenters. The molecule has 4 rings (SSSR count). The van der Waals surface area contributed by atoms with Gasteiger partial charge < -0.3 is 4.74 Å². The van der Waals surface area contributed by atoms with Gasteiger partial charge in [-0.1, -0.05) is 48.9 Å². The topological polar surface area (TPSA) is 60.4 Å². The Morgan fingerprint density at radius 1 is 1.10 bits per heavy atom. The van der Waals surface area contributed by atoms with Crippen LogP contribution in [0.15, 0.2) is 11.6 Å². The molecule has 0 aromatic heterocycles. The molecular formula is C24H33IO4. The predicted octanol–water partition coefficient (Wildman–Crippen LogP) is 5.21. The number of ether oxygens (including phenoxy) is 1. The Bertz CT molecular complexity index is 773. The first kappa shape index (κ1) is 21.5. The molecule has 4 aliphatic rings. The molecule has 3 fully saturated rings. The van der Waals surface area contributed by atoms with Crippen LogP contribution in [0.4, 0.5) is 0 Å². The van der Waals surface area contributed by atoms with E-state index < -0.39 is 5.60 Å². The van der Waals surface area contributed by atoms with Crippen LogP contribution in [0.1, 0.15) is 78.6 Å². The number of alkyl halides is 1. The molecule has 0 heterocycles. The predicted molar refractivity (Wildman–Crippen MR) is 120 cm³/mol. The minimum absolute atomic E-state index is 0.0919. The summed E-state index contributed by atoms with van der Waals surface area (Å²) in [5.74, 6) is 1.66. The van der Waals surface area contributed by atoms with Crippen molar-refractivity contribution >= 4 is 40.1 Å². The van der Waals surface area contributed by atoms with Crippen LogP contribution < -0.4 is 0 Å². The van der Waals surface area contributed by atoms with Crippen molar-refractivity contribution in [1.82, 2.24) is 0 Å². The largest absolute Gasteiger partial charge is 0.450 e. The number of ketones is 2. The molecular weight excluding hydrogens is 479 g/mol. The molecule has 4 nitrogen and oxygen atoms in total. The molecule has 160 valence electrons. The van der Waals surface area contributed by atoms with E-state index in [0.717, 1.165) is 38.5 Å². The Morgan fingerprint density at radius 3 is 2.52 bits per heavy atom. The minimum Gasteiger partial charge on any atom is -0.450 e. The fraction of sp³-hybridized carbons (Fsp3) is 0.792. The zero-order valence-electron chi connectivity index (χ0n) is 17.9. The summed E-state index contributed by atoms with van der Waals surface area (Å²) in [5.41, 5.74) is 0.264. The van der Waals surface area contributed by atoms with E-state index in [1.807, 2.05) is 6.08 Å². The minimum atomic E-state index is -0.948. The highest BCUT2D eigenvalue weighted by molar-refractivity contribution is 14.1. The van der Waals surface area contributed by atoms with E-state index in [2.05, 4.69) is 36.4 Å². The van der Waals surface area contributed by atoms with Crippen molar-refractivity contribution in [2.45, 2.75) is 84.2 Å². The monoisotopic (exact) mass is 512 g/mol. The average Bonchev–Trinajstić information content (AvgIpc) is 3.01. The van der Waals surface area contributed by atoms with Crippen molar-refractivity contribution in [1.29, 1.82) is 0 Å². The summed E-state index contributed by atoms with van der Waals surface area (Å²) >= 11 is 2.13.